The van der Waals surface area contributed by atoms with Crippen LogP contribution in [-0.2, 0) is 20.8 Å². The first-order chi connectivity index (χ1) is 15.1. The SMILES string of the molecule is CC(C)(O/N=C(/CC(=O)N[C@H]1Cc2cccc(C(=O)O)c2OB1O)c1cscn1)C(=O)O. The molecule has 4 N–H and O–H groups in total. The lowest BCUT2D eigenvalue weighted by Gasteiger charge is -2.28. The fraction of sp³-hybridized carbons (Fsp3) is 0.316. The van der Waals surface area contributed by atoms with Crippen molar-refractivity contribution in [2.24, 2.45) is 5.16 Å². The van der Waals surface area contributed by atoms with Crippen molar-refractivity contribution in [1.82, 2.24) is 10.3 Å². The summed E-state index contributed by atoms with van der Waals surface area (Å²) in [5.74, 6) is -3.74. The molecule has 0 saturated heterocycles. The van der Waals surface area contributed by atoms with Crippen molar-refractivity contribution in [2.45, 2.75) is 38.2 Å². The number of aromatic carboxylic acids is 1. The van der Waals surface area contributed by atoms with E-state index in [1.165, 1.54) is 36.8 Å². The molecule has 1 amide bonds. The number of para-hydroxylation sites is 1. The maximum Gasteiger partial charge on any atom is 0.547 e. The molecule has 2 heterocycles. The molecule has 1 aromatic heterocycles. The second kappa shape index (κ2) is 9.36. The van der Waals surface area contributed by atoms with Gasteiger partial charge in [0.25, 0.3) is 0 Å². The number of hydrogen-bond acceptors (Lipinski definition) is 9. The third-order valence-electron chi connectivity index (χ3n) is 4.65. The number of rotatable bonds is 8. The van der Waals surface area contributed by atoms with Crippen molar-refractivity contribution in [3.63, 3.8) is 0 Å². The fourth-order valence-electron chi connectivity index (χ4n) is 2.86. The lowest BCUT2D eigenvalue weighted by molar-refractivity contribution is -0.161. The predicted octanol–water partition coefficient (Wildman–Crippen LogP) is 0.955. The number of amides is 1. The van der Waals surface area contributed by atoms with E-state index < -0.39 is 36.5 Å². The number of nitrogens with one attached hydrogen (secondary N) is 1. The molecule has 3 rings (SSSR count). The molecule has 1 aliphatic rings. The standard InChI is InChI=1S/C19H20BN3O8S/c1-19(2,18(27)28)31-23-12(13-8-32-9-21-13)7-15(24)22-14-6-10-4-3-5-11(17(25)26)16(10)30-20(14)29/h3-5,8-9,14,29H,6-7H2,1-2H3,(H,22,24)(H,25,26)(H,27,28)/b23-12-/t14-/m0/s1. The summed E-state index contributed by atoms with van der Waals surface area (Å²) in [6.45, 7) is 2.63. The number of carbonyl (C=O) groups excluding carboxylic acids is 1. The number of fused-ring (bicyclic) bond motifs is 1. The smallest absolute Gasteiger partial charge is 0.534 e. The minimum atomic E-state index is -1.61. The summed E-state index contributed by atoms with van der Waals surface area (Å²) in [7, 11) is -1.46. The average Bonchev–Trinajstić information content (AvgIpc) is 3.25. The van der Waals surface area contributed by atoms with E-state index >= 15 is 0 Å². The lowest BCUT2D eigenvalue weighted by Crippen LogP contribution is -2.53. The molecule has 0 saturated carbocycles. The summed E-state index contributed by atoms with van der Waals surface area (Å²) >= 11 is 1.26. The van der Waals surface area contributed by atoms with Gasteiger partial charge in [-0.3, -0.25) is 4.79 Å². The van der Waals surface area contributed by atoms with Crippen molar-refractivity contribution in [3.8, 4) is 5.75 Å². The van der Waals surface area contributed by atoms with E-state index in [0.717, 1.165) is 0 Å². The van der Waals surface area contributed by atoms with E-state index in [9.17, 15) is 29.6 Å². The van der Waals surface area contributed by atoms with Gasteiger partial charge in [0.15, 0.2) is 0 Å². The van der Waals surface area contributed by atoms with Gasteiger partial charge in [-0.15, -0.1) is 11.3 Å². The number of benzene rings is 1. The van der Waals surface area contributed by atoms with Gasteiger partial charge in [0.2, 0.25) is 11.5 Å². The Morgan fingerprint density at radius 2 is 2.12 bits per heavy atom. The van der Waals surface area contributed by atoms with Crippen molar-refractivity contribution >= 4 is 42.0 Å². The highest BCUT2D eigenvalue weighted by Gasteiger charge is 2.38. The maximum absolute atomic E-state index is 12.7. The lowest BCUT2D eigenvalue weighted by atomic mass is 9.72. The molecule has 0 fully saturated rings. The van der Waals surface area contributed by atoms with Crippen LogP contribution in [0.25, 0.3) is 0 Å². The number of aliphatic carboxylic acids is 1. The molecule has 2 aromatic rings. The molecule has 168 valence electrons. The van der Waals surface area contributed by atoms with Crippen LogP contribution < -0.4 is 9.97 Å². The summed E-state index contributed by atoms with van der Waals surface area (Å²) in [6, 6.07) is 4.57. The third kappa shape index (κ3) is 5.24. The molecule has 0 spiro atoms. The van der Waals surface area contributed by atoms with Gasteiger partial charge >= 0.3 is 19.1 Å². The number of hydrogen-bond donors (Lipinski definition) is 4. The molecule has 1 aliphatic heterocycles. The Morgan fingerprint density at radius 3 is 2.75 bits per heavy atom. The Hall–Kier alpha value is -3.45. The van der Waals surface area contributed by atoms with E-state index in [1.807, 2.05) is 0 Å². The molecule has 13 heteroatoms. The highest BCUT2D eigenvalue weighted by molar-refractivity contribution is 7.07. The number of aromatic nitrogens is 1. The molecule has 1 aromatic carbocycles. The summed E-state index contributed by atoms with van der Waals surface area (Å²) in [4.78, 5) is 44.4. The van der Waals surface area contributed by atoms with Crippen LogP contribution in [0.3, 0.4) is 0 Å². The first-order valence-electron chi connectivity index (χ1n) is 9.44. The van der Waals surface area contributed by atoms with Crippen molar-refractivity contribution in [1.29, 1.82) is 0 Å². The summed E-state index contributed by atoms with van der Waals surface area (Å²) in [5.41, 5.74) is 0.821. The van der Waals surface area contributed by atoms with Crippen LogP contribution in [0.2, 0.25) is 0 Å². The topological polar surface area (TPSA) is 168 Å². The molecular weight excluding hydrogens is 441 g/mol. The van der Waals surface area contributed by atoms with E-state index in [4.69, 9.17) is 9.49 Å². The Labute approximate surface area is 186 Å². The van der Waals surface area contributed by atoms with Gasteiger partial charge in [0.1, 0.15) is 11.5 Å². The van der Waals surface area contributed by atoms with Gasteiger partial charge in [-0.25, -0.2) is 14.6 Å². The minimum Gasteiger partial charge on any atom is -0.534 e. The number of oxime groups is 1. The van der Waals surface area contributed by atoms with Gasteiger partial charge < -0.3 is 30.0 Å². The Kier molecular flexibility index (Phi) is 6.79. The Balaban J connectivity index is 1.73. The van der Waals surface area contributed by atoms with Gasteiger partial charge in [-0.2, -0.15) is 0 Å². The molecule has 1 atom stereocenters. The summed E-state index contributed by atoms with van der Waals surface area (Å²) in [6.07, 6.45) is -0.153. The Morgan fingerprint density at radius 1 is 1.38 bits per heavy atom. The van der Waals surface area contributed by atoms with Crippen molar-refractivity contribution < 1.29 is 39.1 Å². The van der Waals surface area contributed by atoms with Crippen LogP contribution in [0.15, 0.2) is 34.2 Å². The van der Waals surface area contributed by atoms with Gasteiger partial charge in [0, 0.05) is 5.38 Å². The highest BCUT2D eigenvalue weighted by atomic mass is 32.1. The number of carboxylic acids is 2. The largest absolute Gasteiger partial charge is 0.547 e. The van der Waals surface area contributed by atoms with Crippen molar-refractivity contribution in [3.05, 3.63) is 45.9 Å². The predicted molar refractivity (Wildman–Crippen MR) is 114 cm³/mol. The molecule has 11 nitrogen and oxygen atoms in total. The van der Waals surface area contributed by atoms with Crippen LogP contribution in [0, 0.1) is 0 Å². The Bertz CT molecular complexity index is 1060. The molecule has 32 heavy (non-hydrogen) atoms. The second-order valence-corrected chi connectivity index (χ2v) is 8.20. The number of nitrogens with zero attached hydrogens (tertiary/aromatic N) is 2. The molecule has 0 radical (unpaired) electrons. The monoisotopic (exact) mass is 461 g/mol. The van der Waals surface area contributed by atoms with Gasteiger partial charge in [-0.05, 0) is 31.9 Å². The van der Waals surface area contributed by atoms with E-state index in [1.54, 1.807) is 17.5 Å². The van der Waals surface area contributed by atoms with Gasteiger partial charge in [0.05, 0.1) is 29.1 Å². The fourth-order valence-corrected chi connectivity index (χ4v) is 3.42. The summed E-state index contributed by atoms with van der Waals surface area (Å²) < 4.78 is 5.36. The maximum atomic E-state index is 12.7. The average molecular weight is 461 g/mol. The van der Waals surface area contributed by atoms with E-state index in [0.29, 0.717) is 11.3 Å². The van der Waals surface area contributed by atoms with Crippen LogP contribution >= 0.6 is 11.3 Å². The van der Waals surface area contributed by atoms with Crippen molar-refractivity contribution in [2.75, 3.05) is 0 Å². The highest BCUT2D eigenvalue weighted by Crippen LogP contribution is 2.30. The van der Waals surface area contributed by atoms with E-state index in [-0.39, 0.29) is 29.9 Å². The minimum absolute atomic E-state index is 0.0621. The molecular formula is C19H20BN3O8S. The number of carbonyl (C=O) groups is 3. The van der Waals surface area contributed by atoms with Crippen LogP contribution in [0.5, 0.6) is 5.75 Å². The van der Waals surface area contributed by atoms with Crippen LogP contribution in [-0.4, -0.2) is 62.4 Å². The number of thiazole rings is 1. The van der Waals surface area contributed by atoms with E-state index in [2.05, 4.69) is 15.5 Å². The first kappa shape index (κ1) is 23.2. The summed E-state index contributed by atoms with van der Waals surface area (Å²) in [5, 5.41) is 36.9. The molecule has 0 aliphatic carbocycles. The second-order valence-electron chi connectivity index (χ2n) is 7.48. The molecule has 0 bridgehead atoms. The number of carboxylic acid groups (broad SMARTS) is 2. The third-order valence-corrected chi connectivity index (χ3v) is 5.24. The van der Waals surface area contributed by atoms with Crippen LogP contribution in [0.1, 0.15) is 41.9 Å². The zero-order valence-electron chi connectivity index (χ0n) is 17.1. The zero-order chi connectivity index (χ0) is 23.5. The quantitative estimate of drug-likeness (QED) is 0.254. The zero-order valence-corrected chi connectivity index (χ0v) is 18.0. The molecule has 0 unspecified atom stereocenters. The van der Waals surface area contributed by atoms with Gasteiger partial charge in [-0.1, -0.05) is 17.3 Å². The first-order valence-corrected chi connectivity index (χ1v) is 10.4. The normalized spacial score (nSPS) is 16.0. The van der Waals surface area contributed by atoms with Crippen LogP contribution in [0.4, 0.5) is 0 Å².